The third kappa shape index (κ3) is 2.88. The van der Waals surface area contributed by atoms with Crippen molar-refractivity contribution >= 4 is 5.91 Å². The van der Waals surface area contributed by atoms with E-state index in [0.717, 1.165) is 36.6 Å². The molecule has 4 rings (SSSR count). The summed E-state index contributed by atoms with van der Waals surface area (Å²) in [5.74, 6) is 1.30. The van der Waals surface area contributed by atoms with Crippen LogP contribution in [0.3, 0.4) is 0 Å². The zero-order chi connectivity index (χ0) is 15.8. The molecule has 23 heavy (non-hydrogen) atoms. The largest absolute Gasteiger partial charge is 0.432 e. The van der Waals surface area contributed by atoms with E-state index < -0.39 is 0 Å². The van der Waals surface area contributed by atoms with Crippen LogP contribution in [0.5, 0.6) is 0 Å². The second-order valence-corrected chi connectivity index (χ2v) is 6.66. The Bertz CT molecular complexity index is 713. The van der Waals surface area contributed by atoms with E-state index in [1.165, 1.54) is 13.0 Å². The molecule has 1 N–H and O–H groups in total. The number of hydrogen-bond donors (Lipinski definition) is 1. The number of carbonyl (C=O) groups is 1. The Morgan fingerprint density at radius 2 is 2.22 bits per heavy atom. The summed E-state index contributed by atoms with van der Waals surface area (Å²) in [6.45, 7) is 5.30. The van der Waals surface area contributed by atoms with Crippen molar-refractivity contribution in [2.75, 3.05) is 19.6 Å². The molecular formula is C18H21N3O2. The van der Waals surface area contributed by atoms with Gasteiger partial charge in [0.1, 0.15) is 0 Å². The first-order chi connectivity index (χ1) is 11.2. The zero-order valence-corrected chi connectivity index (χ0v) is 13.3. The number of rotatable bonds is 3. The molecule has 5 nitrogen and oxygen atoms in total. The molecule has 2 fully saturated rings. The van der Waals surface area contributed by atoms with Crippen LogP contribution in [-0.2, 0) is 0 Å². The van der Waals surface area contributed by atoms with Crippen LogP contribution in [0, 0.1) is 12.8 Å². The maximum atomic E-state index is 12.4. The van der Waals surface area contributed by atoms with Crippen molar-refractivity contribution in [3.05, 3.63) is 41.9 Å². The molecule has 0 radical (unpaired) electrons. The predicted molar refractivity (Wildman–Crippen MR) is 87.1 cm³/mol. The predicted octanol–water partition coefficient (Wildman–Crippen LogP) is 2.47. The lowest BCUT2D eigenvalue weighted by atomic mass is 9.97. The molecule has 2 aliphatic heterocycles. The SMILES string of the molecule is Cc1ccccc1-c1cnc(C(=O)NC2CC3CCN(C3)C2)o1. The fraction of sp³-hybridized carbons (Fsp3) is 0.444. The quantitative estimate of drug-likeness (QED) is 0.946. The normalized spacial score (nSPS) is 26.2. The topological polar surface area (TPSA) is 58.4 Å². The second-order valence-electron chi connectivity index (χ2n) is 6.66. The molecule has 2 bridgehead atoms. The number of aryl methyl sites for hydroxylation is 1. The molecule has 1 amide bonds. The monoisotopic (exact) mass is 311 g/mol. The molecule has 3 unspecified atom stereocenters. The Balaban J connectivity index is 1.46. The van der Waals surface area contributed by atoms with Crippen molar-refractivity contribution in [1.29, 1.82) is 0 Å². The molecule has 5 heteroatoms. The average molecular weight is 311 g/mol. The lowest BCUT2D eigenvalue weighted by molar-refractivity contribution is 0.0875. The summed E-state index contributed by atoms with van der Waals surface area (Å²) in [5.41, 5.74) is 2.08. The summed E-state index contributed by atoms with van der Waals surface area (Å²) in [5, 5.41) is 3.08. The molecule has 1 aromatic heterocycles. The van der Waals surface area contributed by atoms with Gasteiger partial charge in [0.25, 0.3) is 5.89 Å². The molecule has 2 aromatic rings. The van der Waals surface area contributed by atoms with Crippen molar-refractivity contribution in [1.82, 2.24) is 15.2 Å². The number of aromatic nitrogens is 1. The van der Waals surface area contributed by atoms with Crippen LogP contribution in [0.1, 0.15) is 29.1 Å². The molecule has 0 spiro atoms. The first-order valence-corrected chi connectivity index (χ1v) is 8.24. The van der Waals surface area contributed by atoms with Crippen molar-refractivity contribution in [3.63, 3.8) is 0 Å². The van der Waals surface area contributed by atoms with Gasteiger partial charge in [0, 0.05) is 24.7 Å². The number of benzene rings is 1. The van der Waals surface area contributed by atoms with Gasteiger partial charge in [-0.2, -0.15) is 0 Å². The molecular weight excluding hydrogens is 290 g/mol. The summed E-state index contributed by atoms with van der Waals surface area (Å²) in [4.78, 5) is 19.0. The van der Waals surface area contributed by atoms with Crippen LogP contribution < -0.4 is 5.32 Å². The molecule has 0 aliphatic carbocycles. The molecule has 1 aromatic carbocycles. The fourth-order valence-electron chi connectivity index (χ4n) is 3.76. The molecule has 3 heterocycles. The minimum atomic E-state index is -0.211. The number of piperidine rings is 1. The second kappa shape index (κ2) is 5.81. The van der Waals surface area contributed by atoms with E-state index in [1.54, 1.807) is 6.20 Å². The number of nitrogens with one attached hydrogen (secondary N) is 1. The Kier molecular flexibility index (Phi) is 3.65. The highest BCUT2D eigenvalue weighted by Crippen LogP contribution is 2.27. The Morgan fingerprint density at radius 1 is 1.35 bits per heavy atom. The van der Waals surface area contributed by atoms with Gasteiger partial charge in [-0.1, -0.05) is 24.3 Å². The third-order valence-electron chi connectivity index (χ3n) is 4.91. The Morgan fingerprint density at radius 3 is 3.04 bits per heavy atom. The van der Waals surface area contributed by atoms with Crippen molar-refractivity contribution in [2.45, 2.75) is 25.8 Å². The third-order valence-corrected chi connectivity index (χ3v) is 4.91. The highest BCUT2D eigenvalue weighted by atomic mass is 16.4. The van der Waals surface area contributed by atoms with E-state index in [2.05, 4.69) is 15.2 Å². The lowest BCUT2D eigenvalue weighted by Gasteiger charge is -2.30. The van der Waals surface area contributed by atoms with Gasteiger partial charge in [0.05, 0.1) is 6.20 Å². The first kappa shape index (κ1) is 14.5. The number of hydrogen-bond acceptors (Lipinski definition) is 4. The smallest absolute Gasteiger partial charge is 0.307 e. The standard InChI is InChI=1S/C18H21N3O2/c1-12-4-2-3-5-15(12)16-9-19-18(23-16)17(22)20-14-8-13-6-7-21(10-13)11-14/h2-5,9,13-14H,6-8,10-11H2,1H3,(H,20,22). The van der Waals surface area contributed by atoms with Crippen molar-refractivity contribution < 1.29 is 9.21 Å². The Hall–Kier alpha value is -2.14. The fourth-order valence-corrected chi connectivity index (χ4v) is 3.76. The van der Waals surface area contributed by atoms with Gasteiger partial charge in [0.2, 0.25) is 0 Å². The van der Waals surface area contributed by atoms with Crippen LogP contribution in [0.2, 0.25) is 0 Å². The van der Waals surface area contributed by atoms with Crippen LogP contribution in [0.15, 0.2) is 34.9 Å². The highest BCUT2D eigenvalue weighted by molar-refractivity contribution is 5.90. The maximum Gasteiger partial charge on any atom is 0.307 e. The van der Waals surface area contributed by atoms with E-state index >= 15 is 0 Å². The van der Waals surface area contributed by atoms with Crippen LogP contribution in [0.4, 0.5) is 0 Å². The van der Waals surface area contributed by atoms with Gasteiger partial charge in [0.15, 0.2) is 5.76 Å². The lowest BCUT2D eigenvalue weighted by Crippen LogP contribution is -2.47. The molecule has 120 valence electrons. The maximum absolute atomic E-state index is 12.4. The van der Waals surface area contributed by atoms with E-state index in [0.29, 0.717) is 5.76 Å². The van der Waals surface area contributed by atoms with Gasteiger partial charge in [-0.05, 0) is 37.8 Å². The summed E-state index contributed by atoms with van der Waals surface area (Å²) in [7, 11) is 0. The summed E-state index contributed by atoms with van der Waals surface area (Å²) in [6.07, 6.45) is 3.95. The van der Waals surface area contributed by atoms with Crippen LogP contribution in [0.25, 0.3) is 11.3 Å². The van der Waals surface area contributed by atoms with E-state index in [4.69, 9.17) is 4.42 Å². The van der Waals surface area contributed by atoms with Crippen molar-refractivity contribution in [3.8, 4) is 11.3 Å². The summed E-state index contributed by atoms with van der Waals surface area (Å²) in [6, 6.07) is 8.14. The number of fused-ring (bicyclic) bond motifs is 2. The van der Waals surface area contributed by atoms with E-state index in [9.17, 15) is 4.79 Å². The van der Waals surface area contributed by atoms with Gasteiger partial charge >= 0.3 is 5.91 Å². The van der Waals surface area contributed by atoms with Gasteiger partial charge < -0.3 is 14.6 Å². The van der Waals surface area contributed by atoms with E-state index in [-0.39, 0.29) is 17.8 Å². The van der Waals surface area contributed by atoms with Crippen molar-refractivity contribution in [2.24, 2.45) is 5.92 Å². The number of amides is 1. The molecule has 0 saturated carbocycles. The van der Waals surface area contributed by atoms with Crippen LogP contribution in [-0.4, -0.2) is 41.5 Å². The zero-order valence-electron chi connectivity index (χ0n) is 13.3. The number of nitrogens with zero attached hydrogens (tertiary/aromatic N) is 2. The number of carbonyl (C=O) groups excluding carboxylic acids is 1. The summed E-state index contributed by atoms with van der Waals surface area (Å²) < 4.78 is 5.69. The van der Waals surface area contributed by atoms with Crippen LogP contribution >= 0.6 is 0 Å². The van der Waals surface area contributed by atoms with Gasteiger partial charge in [-0.3, -0.25) is 4.79 Å². The minimum Gasteiger partial charge on any atom is -0.432 e. The molecule has 3 atom stereocenters. The average Bonchev–Trinajstić information content (AvgIpc) is 3.15. The Labute approximate surface area is 135 Å². The van der Waals surface area contributed by atoms with Gasteiger partial charge in [-0.15, -0.1) is 0 Å². The summed E-state index contributed by atoms with van der Waals surface area (Å²) >= 11 is 0. The highest BCUT2D eigenvalue weighted by Gasteiger charge is 2.33. The first-order valence-electron chi connectivity index (χ1n) is 8.24. The van der Waals surface area contributed by atoms with E-state index in [1.807, 2.05) is 31.2 Å². The van der Waals surface area contributed by atoms with Gasteiger partial charge in [-0.25, -0.2) is 4.98 Å². The minimum absolute atomic E-state index is 0.149. The number of oxazole rings is 1. The molecule has 2 saturated heterocycles. The molecule has 2 aliphatic rings.